The van der Waals surface area contributed by atoms with Gasteiger partial charge in [-0.2, -0.15) is 0 Å². The lowest BCUT2D eigenvalue weighted by Crippen LogP contribution is -2.06. The van der Waals surface area contributed by atoms with Gasteiger partial charge in [0, 0.05) is 10.7 Å². The molecule has 0 saturated carbocycles. The highest BCUT2D eigenvalue weighted by Crippen LogP contribution is 2.27. The molecule has 0 spiro atoms. The van der Waals surface area contributed by atoms with Crippen LogP contribution in [0.25, 0.3) is 0 Å². The lowest BCUT2D eigenvalue weighted by molar-refractivity contribution is 0.868. The molecule has 0 radical (unpaired) electrons. The van der Waals surface area contributed by atoms with Crippen LogP contribution in [0.4, 0.5) is 5.69 Å². The maximum Gasteiger partial charge on any atom is 0.116 e. The van der Waals surface area contributed by atoms with E-state index in [0.29, 0.717) is 0 Å². The molecule has 0 bridgehead atoms. The summed E-state index contributed by atoms with van der Waals surface area (Å²) in [6.07, 6.45) is 5.37. The Bertz CT molecular complexity index is 486. The molecule has 3 nitrogen and oxygen atoms in total. The Morgan fingerprint density at radius 2 is 2.12 bits per heavy atom. The summed E-state index contributed by atoms with van der Waals surface area (Å²) in [5.74, 6) is 0. The fourth-order valence-corrected chi connectivity index (χ4v) is 2.88. The van der Waals surface area contributed by atoms with Gasteiger partial charge in [-0.3, -0.25) is 4.98 Å². The maximum absolute atomic E-state index is 4.31. The second-order valence-corrected chi connectivity index (χ2v) is 6.62. The SMILES string of the molecule is CC(Nc1cncc(Br)c1)c1ncc(Br)s1. The summed E-state index contributed by atoms with van der Waals surface area (Å²) in [5.41, 5.74) is 0.980. The summed E-state index contributed by atoms with van der Waals surface area (Å²) in [4.78, 5) is 8.41. The van der Waals surface area contributed by atoms with Crippen LogP contribution in [0.15, 0.2) is 32.9 Å². The molecule has 0 aliphatic heterocycles. The van der Waals surface area contributed by atoms with Crippen molar-refractivity contribution in [2.24, 2.45) is 0 Å². The average Bonchev–Trinajstić information content (AvgIpc) is 2.65. The summed E-state index contributed by atoms with van der Waals surface area (Å²) >= 11 is 8.43. The van der Waals surface area contributed by atoms with Crippen molar-refractivity contribution in [2.45, 2.75) is 13.0 Å². The fourth-order valence-electron chi connectivity index (χ4n) is 1.27. The van der Waals surface area contributed by atoms with Crippen LogP contribution in [0.1, 0.15) is 18.0 Å². The van der Waals surface area contributed by atoms with Crippen molar-refractivity contribution in [3.63, 3.8) is 0 Å². The molecule has 6 heteroatoms. The number of pyridine rings is 1. The molecule has 0 saturated heterocycles. The fraction of sp³-hybridized carbons (Fsp3) is 0.200. The van der Waals surface area contributed by atoms with Crippen LogP contribution in [-0.2, 0) is 0 Å². The van der Waals surface area contributed by atoms with Crippen molar-refractivity contribution in [1.29, 1.82) is 0 Å². The molecule has 2 heterocycles. The minimum atomic E-state index is 0.174. The number of thiazole rings is 1. The van der Waals surface area contributed by atoms with Crippen molar-refractivity contribution in [3.05, 3.63) is 37.9 Å². The number of anilines is 1. The van der Waals surface area contributed by atoms with E-state index in [1.807, 2.05) is 12.3 Å². The standard InChI is InChI=1S/C10H9Br2N3S/c1-6(10-14-5-9(12)16-10)15-8-2-7(11)3-13-4-8/h2-6,15H,1H3. The zero-order valence-corrected chi connectivity index (χ0v) is 12.4. The number of aromatic nitrogens is 2. The molecule has 84 valence electrons. The topological polar surface area (TPSA) is 37.8 Å². The molecular weight excluding hydrogens is 354 g/mol. The highest BCUT2D eigenvalue weighted by Gasteiger charge is 2.09. The summed E-state index contributed by atoms with van der Waals surface area (Å²) in [7, 11) is 0. The van der Waals surface area contributed by atoms with Crippen LogP contribution in [0.3, 0.4) is 0 Å². The molecule has 0 aromatic carbocycles. The number of nitrogens with one attached hydrogen (secondary N) is 1. The van der Waals surface area contributed by atoms with Gasteiger partial charge < -0.3 is 5.32 Å². The van der Waals surface area contributed by atoms with E-state index >= 15 is 0 Å². The molecule has 0 fully saturated rings. The van der Waals surface area contributed by atoms with E-state index < -0.39 is 0 Å². The van der Waals surface area contributed by atoms with E-state index in [9.17, 15) is 0 Å². The minimum absolute atomic E-state index is 0.174. The Morgan fingerprint density at radius 1 is 1.31 bits per heavy atom. The van der Waals surface area contributed by atoms with Gasteiger partial charge >= 0.3 is 0 Å². The Labute approximate surface area is 115 Å². The Morgan fingerprint density at radius 3 is 2.75 bits per heavy atom. The Hall–Kier alpha value is -0.460. The van der Waals surface area contributed by atoms with Gasteiger partial charge in [-0.15, -0.1) is 11.3 Å². The van der Waals surface area contributed by atoms with Crippen LogP contribution in [0.2, 0.25) is 0 Å². The molecular formula is C10H9Br2N3S. The van der Waals surface area contributed by atoms with Crippen LogP contribution >= 0.6 is 43.2 Å². The predicted octanol–water partition coefficient (Wildman–Crippen LogP) is 4.24. The van der Waals surface area contributed by atoms with E-state index in [2.05, 4.69) is 54.1 Å². The van der Waals surface area contributed by atoms with Gasteiger partial charge in [0.25, 0.3) is 0 Å². The highest BCUT2D eigenvalue weighted by atomic mass is 79.9. The smallest absolute Gasteiger partial charge is 0.116 e. The van der Waals surface area contributed by atoms with Crippen molar-refractivity contribution in [2.75, 3.05) is 5.32 Å². The Kier molecular flexibility index (Phi) is 3.94. The molecule has 0 aliphatic rings. The monoisotopic (exact) mass is 361 g/mol. The first-order valence-electron chi connectivity index (χ1n) is 4.63. The lowest BCUT2D eigenvalue weighted by atomic mass is 10.3. The van der Waals surface area contributed by atoms with Gasteiger partial charge in [0.1, 0.15) is 5.01 Å². The van der Waals surface area contributed by atoms with Gasteiger partial charge in [-0.05, 0) is 44.8 Å². The minimum Gasteiger partial charge on any atom is -0.375 e. The number of halogens is 2. The third-order valence-electron chi connectivity index (χ3n) is 1.95. The van der Waals surface area contributed by atoms with Gasteiger partial charge in [0.15, 0.2) is 0 Å². The number of nitrogens with zero attached hydrogens (tertiary/aromatic N) is 2. The van der Waals surface area contributed by atoms with Gasteiger partial charge in [0.05, 0.1) is 27.9 Å². The van der Waals surface area contributed by atoms with Crippen LogP contribution in [-0.4, -0.2) is 9.97 Å². The third-order valence-corrected chi connectivity index (χ3v) is 4.05. The van der Waals surface area contributed by atoms with Crippen LogP contribution in [0.5, 0.6) is 0 Å². The molecule has 0 aliphatic carbocycles. The maximum atomic E-state index is 4.31. The van der Waals surface area contributed by atoms with Crippen molar-refractivity contribution < 1.29 is 0 Å². The van der Waals surface area contributed by atoms with E-state index in [4.69, 9.17) is 0 Å². The van der Waals surface area contributed by atoms with Crippen LogP contribution < -0.4 is 5.32 Å². The molecule has 1 atom stereocenters. The van der Waals surface area contributed by atoms with E-state index in [1.54, 1.807) is 23.7 Å². The zero-order chi connectivity index (χ0) is 11.5. The van der Waals surface area contributed by atoms with Crippen molar-refractivity contribution in [1.82, 2.24) is 9.97 Å². The van der Waals surface area contributed by atoms with Gasteiger partial charge in [-0.25, -0.2) is 4.98 Å². The van der Waals surface area contributed by atoms with Crippen molar-refractivity contribution in [3.8, 4) is 0 Å². The normalized spacial score (nSPS) is 12.4. The molecule has 1 unspecified atom stereocenters. The second-order valence-electron chi connectivity index (χ2n) is 3.26. The number of hydrogen-bond donors (Lipinski definition) is 1. The second kappa shape index (κ2) is 5.25. The van der Waals surface area contributed by atoms with Gasteiger partial charge in [-0.1, -0.05) is 0 Å². The Balaban J connectivity index is 2.10. The summed E-state index contributed by atoms with van der Waals surface area (Å²) in [6, 6.07) is 2.17. The number of hydrogen-bond acceptors (Lipinski definition) is 4. The largest absolute Gasteiger partial charge is 0.375 e. The quantitative estimate of drug-likeness (QED) is 0.887. The molecule has 16 heavy (non-hydrogen) atoms. The third kappa shape index (κ3) is 3.02. The first kappa shape index (κ1) is 12.0. The first-order valence-corrected chi connectivity index (χ1v) is 7.03. The molecule has 1 N–H and O–H groups in total. The number of rotatable bonds is 3. The highest BCUT2D eigenvalue weighted by molar-refractivity contribution is 9.11. The summed E-state index contributed by atoms with van der Waals surface area (Å²) in [6.45, 7) is 2.08. The molecule has 0 amide bonds. The molecule has 2 rings (SSSR count). The van der Waals surface area contributed by atoms with Gasteiger partial charge in [0.2, 0.25) is 0 Å². The first-order chi connectivity index (χ1) is 7.65. The summed E-state index contributed by atoms with van der Waals surface area (Å²) in [5, 5.41) is 4.39. The predicted molar refractivity (Wildman–Crippen MR) is 73.8 cm³/mol. The summed E-state index contributed by atoms with van der Waals surface area (Å²) < 4.78 is 2.01. The van der Waals surface area contributed by atoms with E-state index in [1.165, 1.54) is 0 Å². The zero-order valence-electron chi connectivity index (χ0n) is 8.45. The van der Waals surface area contributed by atoms with E-state index in [0.717, 1.165) is 19.0 Å². The van der Waals surface area contributed by atoms with Crippen LogP contribution in [0, 0.1) is 0 Å². The van der Waals surface area contributed by atoms with Crippen molar-refractivity contribution >= 4 is 48.9 Å². The molecule has 2 aromatic rings. The average molecular weight is 363 g/mol. The van der Waals surface area contributed by atoms with E-state index in [-0.39, 0.29) is 6.04 Å². The molecule has 2 aromatic heterocycles. The lowest BCUT2D eigenvalue weighted by Gasteiger charge is -2.12.